The van der Waals surface area contributed by atoms with E-state index in [1.807, 2.05) is 48.5 Å². The number of nitriles is 1. The van der Waals surface area contributed by atoms with Gasteiger partial charge in [0.1, 0.15) is 30.6 Å². The first-order valence-electron chi connectivity index (χ1n) is 11.8. The maximum absolute atomic E-state index is 12.7. The van der Waals surface area contributed by atoms with Crippen LogP contribution in [0, 0.1) is 11.3 Å². The molecule has 1 amide bonds. The first-order valence-corrected chi connectivity index (χ1v) is 12.2. The fourth-order valence-corrected chi connectivity index (χ4v) is 3.65. The summed E-state index contributed by atoms with van der Waals surface area (Å²) in [7, 11) is 1.53. The summed E-state index contributed by atoms with van der Waals surface area (Å²) in [6.07, 6.45) is 1.50. The van der Waals surface area contributed by atoms with Gasteiger partial charge >= 0.3 is 0 Å². The smallest absolute Gasteiger partial charge is 0.266 e. The van der Waals surface area contributed by atoms with Gasteiger partial charge in [-0.3, -0.25) is 4.79 Å². The van der Waals surface area contributed by atoms with E-state index in [2.05, 4.69) is 5.32 Å². The van der Waals surface area contributed by atoms with Crippen molar-refractivity contribution in [1.29, 1.82) is 5.26 Å². The van der Waals surface area contributed by atoms with Gasteiger partial charge in [0.05, 0.1) is 7.11 Å². The maximum Gasteiger partial charge on any atom is 0.266 e. The second-order valence-electron chi connectivity index (χ2n) is 8.25. The minimum atomic E-state index is -0.521. The molecule has 0 unspecified atom stereocenters. The molecule has 0 spiro atoms. The van der Waals surface area contributed by atoms with Crippen LogP contribution in [-0.2, 0) is 18.0 Å². The Bertz CT molecular complexity index is 1440. The van der Waals surface area contributed by atoms with Crippen molar-refractivity contribution in [3.8, 4) is 23.3 Å². The lowest BCUT2D eigenvalue weighted by Gasteiger charge is -2.12. The molecule has 4 aromatic carbocycles. The Morgan fingerprint density at radius 3 is 2.24 bits per heavy atom. The Morgan fingerprint density at radius 2 is 1.55 bits per heavy atom. The van der Waals surface area contributed by atoms with Crippen molar-refractivity contribution >= 4 is 29.3 Å². The molecule has 0 aliphatic rings. The Morgan fingerprint density at radius 1 is 0.868 bits per heavy atom. The van der Waals surface area contributed by atoms with Gasteiger partial charge in [-0.1, -0.05) is 60.1 Å². The van der Waals surface area contributed by atoms with Gasteiger partial charge in [0.25, 0.3) is 5.91 Å². The quantitative estimate of drug-likeness (QED) is 0.177. The van der Waals surface area contributed by atoms with Crippen LogP contribution in [0.25, 0.3) is 6.08 Å². The van der Waals surface area contributed by atoms with Gasteiger partial charge in [0.15, 0.2) is 11.5 Å². The average molecular weight is 525 g/mol. The number of carbonyl (C=O) groups excluding carboxylic acids is 1. The van der Waals surface area contributed by atoms with E-state index in [4.69, 9.17) is 25.8 Å². The van der Waals surface area contributed by atoms with Crippen molar-refractivity contribution < 1.29 is 19.0 Å². The molecule has 4 aromatic rings. The van der Waals surface area contributed by atoms with Crippen molar-refractivity contribution in [2.75, 3.05) is 12.4 Å². The van der Waals surface area contributed by atoms with E-state index in [-0.39, 0.29) is 5.57 Å². The van der Waals surface area contributed by atoms with Crippen LogP contribution < -0.4 is 19.5 Å². The number of halogens is 1. The molecular formula is C31H25ClN2O4. The highest BCUT2D eigenvalue weighted by Gasteiger charge is 2.12. The second-order valence-corrected chi connectivity index (χ2v) is 8.68. The number of rotatable bonds is 10. The van der Waals surface area contributed by atoms with Crippen LogP contribution in [0.3, 0.4) is 0 Å². The molecule has 0 bridgehead atoms. The minimum absolute atomic E-state index is 0.0497. The van der Waals surface area contributed by atoms with Gasteiger partial charge in [-0.15, -0.1) is 0 Å². The summed E-state index contributed by atoms with van der Waals surface area (Å²) in [6.45, 7) is 0.785. The van der Waals surface area contributed by atoms with Crippen LogP contribution in [0.1, 0.15) is 16.7 Å². The lowest BCUT2D eigenvalue weighted by molar-refractivity contribution is -0.112. The zero-order valence-corrected chi connectivity index (χ0v) is 21.4. The molecule has 1 N–H and O–H groups in total. The lowest BCUT2D eigenvalue weighted by Crippen LogP contribution is -2.13. The molecule has 0 heterocycles. The van der Waals surface area contributed by atoms with Gasteiger partial charge < -0.3 is 19.5 Å². The molecular weight excluding hydrogens is 500 g/mol. The number of anilines is 1. The molecule has 0 atom stereocenters. The molecule has 0 saturated carbocycles. The van der Waals surface area contributed by atoms with Crippen LogP contribution in [0.2, 0.25) is 5.02 Å². The number of carbonyl (C=O) groups is 1. The Hall–Kier alpha value is -4.73. The third-order valence-electron chi connectivity index (χ3n) is 5.53. The summed E-state index contributed by atoms with van der Waals surface area (Å²) in [5.74, 6) is 1.18. The molecule has 0 aliphatic heterocycles. The standard InChI is InChI=1S/C31H25ClN2O4/c1-36-30-18-24(9-16-29(30)38-21-23-7-10-26(32)11-8-23)17-25(19-33)31(35)34-27-12-14-28(15-13-27)37-20-22-5-3-2-4-6-22/h2-18H,20-21H2,1H3,(H,34,35)/b25-17+. The van der Waals surface area contributed by atoms with Gasteiger partial charge in [-0.25, -0.2) is 0 Å². The molecule has 0 aliphatic carbocycles. The highest BCUT2D eigenvalue weighted by Crippen LogP contribution is 2.30. The van der Waals surface area contributed by atoms with E-state index in [0.717, 1.165) is 11.1 Å². The molecule has 0 saturated heterocycles. The van der Waals surface area contributed by atoms with Crippen molar-refractivity contribution in [2.24, 2.45) is 0 Å². The zero-order valence-electron chi connectivity index (χ0n) is 20.7. The number of nitrogens with zero attached hydrogens (tertiary/aromatic N) is 1. The Labute approximate surface area is 226 Å². The van der Waals surface area contributed by atoms with E-state index in [9.17, 15) is 10.1 Å². The summed E-state index contributed by atoms with van der Waals surface area (Å²) in [4.78, 5) is 12.7. The molecule has 6 nitrogen and oxygen atoms in total. The Kier molecular flexibility index (Phi) is 9.01. The number of ether oxygens (including phenoxy) is 3. The third kappa shape index (κ3) is 7.39. The summed E-state index contributed by atoms with van der Waals surface area (Å²) in [6, 6.07) is 31.4. The average Bonchev–Trinajstić information content (AvgIpc) is 2.96. The van der Waals surface area contributed by atoms with Crippen LogP contribution in [-0.4, -0.2) is 13.0 Å². The molecule has 0 fully saturated rings. The zero-order chi connectivity index (χ0) is 26.7. The first kappa shape index (κ1) is 26.3. The lowest BCUT2D eigenvalue weighted by atomic mass is 10.1. The number of benzene rings is 4. The normalized spacial score (nSPS) is 10.8. The predicted molar refractivity (Wildman–Crippen MR) is 148 cm³/mol. The summed E-state index contributed by atoms with van der Waals surface area (Å²) >= 11 is 5.93. The SMILES string of the molecule is COc1cc(/C=C(\C#N)C(=O)Nc2ccc(OCc3ccccc3)cc2)ccc1OCc1ccc(Cl)cc1. The highest BCUT2D eigenvalue weighted by molar-refractivity contribution is 6.30. The first-order chi connectivity index (χ1) is 18.5. The number of hydrogen-bond acceptors (Lipinski definition) is 5. The van der Waals surface area contributed by atoms with Crippen LogP contribution in [0.4, 0.5) is 5.69 Å². The third-order valence-corrected chi connectivity index (χ3v) is 5.78. The summed E-state index contributed by atoms with van der Waals surface area (Å²) in [5, 5.41) is 13.0. The molecule has 190 valence electrons. The fourth-order valence-electron chi connectivity index (χ4n) is 3.52. The fraction of sp³-hybridized carbons (Fsp3) is 0.0968. The van der Waals surface area contributed by atoms with Crippen molar-refractivity contribution in [3.05, 3.63) is 124 Å². The molecule has 4 rings (SSSR count). The van der Waals surface area contributed by atoms with Crippen molar-refractivity contribution in [2.45, 2.75) is 13.2 Å². The topological polar surface area (TPSA) is 80.6 Å². The van der Waals surface area contributed by atoms with Crippen LogP contribution >= 0.6 is 11.6 Å². The number of methoxy groups -OCH3 is 1. The number of hydrogen-bond donors (Lipinski definition) is 1. The van der Waals surface area contributed by atoms with Gasteiger partial charge in [0.2, 0.25) is 0 Å². The van der Waals surface area contributed by atoms with Crippen LogP contribution in [0.5, 0.6) is 17.2 Å². The molecule has 38 heavy (non-hydrogen) atoms. The largest absolute Gasteiger partial charge is 0.493 e. The summed E-state index contributed by atoms with van der Waals surface area (Å²) in [5.41, 5.74) is 3.14. The second kappa shape index (κ2) is 13.0. The van der Waals surface area contributed by atoms with E-state index >= 15 is 0 Å². The van der Waals surface area contributed by atoms with Gasteiger partial charge in [-0.05, 0) is 71.3 Å². The van der Waals surface area contributed by atoms with Crippen LogP contribution in [0.15, 0.2) is 103 Å². The number of amides is 1. The maximum atomic E-state index is 12.7. The summed E-state index contributed by atoms with van der Waals surface area (Å²) < 4.78 is 17.1. The van der Waals surface area contributed by atoms with E-state index in [1.165, 1.54) is 13.2 Å². The van der Waals surface area contributed by atoms with Gasteiger partial charge in [0, 0.05) is 10.7 Å². The molecule has 0 aromatic heterocycles. The van der Waals surface area contributed by atoms with E-state index in [1.54, 1.807) is 54.6 Å². The van der Waals surface area contributed by atoms with Gasteiger partial charge in [-0.2, -0.15) is 5.26 Å². The van der Waals surface area contributed by atoms with Crippen molar-refractivity contribution in [1.82, 2.24) is 0 Å². The van der Waals surface area contributed by atoms with Crippen molar-refractivity contribution in [3.63, 3.8) is 0 Å². The van der Waals surface area contributed by atoms with E-state index in [0.29, 0.717) is 46.7 Å². The monoisotopic (exact) mass is 524 g/mol. The molecule has 0 radical (unpaired) electrons. The highest BCUT2D eigenvalue weighted by atomic mass is 35.5. The predicted octanol–water partition coefficient (Wildman–Crippen LogP) is 7.05. The number of nitrogens with one attached hydrogen (secondary N) is 1. The Balaban J connectivity index is 1.38. The minimum Gasteiger partial charge on any atom is -0.493 e. The van der Waals surface area contributed by atoms with E-state index < -0.39 is 5.91 Å². The molecule has 7 heteroatoms.